The van der Waals surface area contributed by atoms with Crippen LogP contribution < -0.4 is 20.7 Å². The van der Waals surface area contributed by atoms with Gasteiger partial charge in [0.25, 0.3) is 5.91 Å². The maximum atomic E-state index is 15.9. The number of nitrogens with two attached hydrogens (primary N) is 1. The van der Waals surface area contributed by atoms with E-state index in [-0.39, 0.29) is 53.9 Å². The first-order chi connectivity index (χ1) is 41.3. The van der Waals surface area contributed by atoms with Gasteiger partial charge < -0.3 is 86.8 Å². The van der Waals surface area contributed by atoms with Crippen molar-refractivity contribution in [2.75, 3.05) is 24.7 Å². The monoisotopic (exact) mass is 1180 g/mol. The third-order valence-electron chi connectivity index (χ3n) is 19.2. The van der Waals surface area contributed by atoms with Crippen LogP contribution >= 0.6 is 0 Å². The zero-order valence-electron chi connectivity index (χ0n) is 47.4. The number of aliphatic hydroxyl groups is 7. The molecule has 1 aromatic heterocycles. The third-order valence-corrected chi connectivity index (χ3v) is 19.2. The highest BCUT2D eigenvalue weighted by atomic mass is 16.8. The number of carbonyl (C=O) groups excluding carboxylic acids is 1. The molecule has 1 saturated carbocycles. The van der Waals surface area contributed by atoms with Gasteiger partial charge in [-0.25, -0.2) is 14.8 Å². The molecule has 4 aromatic carbocycles. The number of carboxylic acid groups (broad SMARTS) is 1. The molecule has 1 amide bonds. The third kappa shape index (κ3) is 9.66. The summed E-state index contributed by atoms with van der Waals surface area (Å²) in [5.41, 5.74) is 4.84. The van der Waals surface area contributed by atoms with Crippen molar-refractivity contribution >= 4 is 29.6 Å². The van der Waals surface area contributed by atoms with Crippen molar-refractivity contribution < 1.29 is 80.3 Å². The molecule has 22 heteroatoms. The number of hydrogen-bond donors (Lipinski definition) is 15. The van der Waals surface area contributed by atoms with Crippen LogP contribution in [0.3, 0.4) is 0 Å². The lowest BCUT2D eigenvalue weighted by atomic mass is 9.38. The van der Waals surface area contributed by atoms with Crippen LogP contribution in [0.15, 0.2) is 114 Å². The van der Waals surface area contributed by atoms with Gasteiger partial charge in [0.15, 0.2) is 29.1 Å². The van der Waals surface area contributed by atoms with Crippen LogP contribution in [0.1, 0.15) is 103 Å². The fourth-order valence-electron chi connectivity index (χ4n) is 15.5. The summed E-state index contributed by atoms with van der Waals surface area (Å²) in [6.07, 6.45) is 3.92. The van der Waals surface area contributed by atoms with Crippen molar-refractivity contribution in [2.24, 2.45) is 33.9 Å². The molecule has 2 aliphatic heterocycles. The number of carbonyl (C=O) groups is 2. The summed E-state index contributed by atoms with van der Waals surface area (Å²) in [4.78, 5) is 44.0. The van der Waals surface area contributed by atoms with E-state index in [1.54, 1.807) is 30.6 Å². The van der Waals surface area contributed by atoms with Gasteiger partial charge in [0.1, 0.15) is 29.8 Å². The first-order valence-electron chi connectivity index (χ1n) is 29.3. The summed E-state index contributed by atoms with van der Waals surface area (Å²) in [5, 5.41) is 143. The molecule has 0 unspecified atom stereocenters. The molecule has 86 heavy (non-hydrogen) atoms. The Kier molecular flexibility index (Phi) is 16.3. The molecule has 1 saturated heterocycles. The molecule has 3 heterocycles. The largest absolute Gasteiger partial charge is 0.508 e. The number of ether oxygens (including phenoxy) is 2. The average molecular weight is 1180 g/mol. The molecule has 2 fully saturated rings. The van der Waals surface area contributed by atoms with Gasteiger partial charge in [-0.2, -0.15) is 0 Å². The number of H-pyrrole nitrogens is 1. The van der Waals surface area contributed by atoms with E-state index in [0.29, 0.717) is 80.3 Å². The van der Waals surface area contributed by atoms with Gasteiger partial charge in [-0.1, -0.05) is 79.6 Å². The number of anilines is 1. The van der Waals surface area contributed by atoms with Crippen molar-refractivity contribution in [1.82, 2.24) is 15.3 Å². The second-order valence-corrected chi connectivity index (χ2v) is 23.6. The molecule has 6 aliphatic rings. The fraction of sp³-hybridized carbons (Fsp3) is 0.438. The van der Waals surface area contributed by atoms with E-state index in [1.165, 1.54) is 18.2 Å². The number of aliphatic carboxylic acids is 1. The number of imidazole rings is 1. The number of benzene rings is 4. The molecule has 0 bridgehead atoms. The van der Waals surface area contributed by atoms with E-state index in [2.05, 4.69) is 20.3 Å². The molecule has 0 radical (unpaired) electrons. The Morgan fingerprint density at radius 3 is 2.51 bits per heavy atom. The van der Waals surface area contributed by atoms with Crippen molar-refractivity contribution in [1.29, 1.82) is 0 Å². The zero-order valence-corrected chi connectivity index (χ0v) is 47.4. The Hall–Kier alpha value is -7.80. The van der Waals surface area contributed by atoms with E-state index < -0.39 is 113 Å². The molecular formula is C64H74N6O16. The number of aromatic hydroxyl groups is 4. The molecule has 5 aromatic rings. The number of rotatable bonds is 18. The average Bonchev–Trinajstić information content (AvgIpc) is 1.43. The summed E-state index contributed by atoms with van der Waals surface area (Å²) in [6.45, 7) is 1.21. The lowest BCUT2D eigenvalue weighted by Gasteiger charge is -2.64. The number of aliphatic imine (C=N–C) groups is 1. The first-order valence-corrected chi connectivity index (χ1v) is 29.3. The summed E-state index contributed by atoms with van der Waals surface area (Å²) in [6, 6.07) is 20.4. The molecular weight excluding hydrogens is 1110 g/mol. The Morgan fingerprint density at radius 2 is 1.77 bits per heavy atom. The van der Waals surface area contributed by atoms with Crippen LogP contribution in [0.25, 0.3) is 6.08 Å². The highest BCUT2D eigenvalue weighted by molar-refractivity contribution is 6.14. The lowest BCUT2D eigenvalue weighted by Crippen LogP contribution is -2.67. The number of aliphatic hydroxyl groups excluding tert-OH is 6. The minimum absolute atomic E-state index is 0.0111. The lowest BCUT2D eigenvalue weighted by molar-refractivity contribution is -0.422. The van der Waals surface area contributed by atoms with E-state index in [0.717, 1.165) is 39.6 Å². The molecule has 22 nitrogen and oxygen atoms in total. The molecule has 11 rings (SSSR count). The second kappa shape index (κ2) is 23.5. The minimum Gasteiger partial charge on any atom is -0.508 e. The van der Waals surface area contributed by atoms with Crippen LogP contribution in [-0.2, 0) is 45.5 Å². The highest BCUT2D eigenvalue weighted by Gasteiger charge is 2.78. The van der Waals surface area contributed by atoms with E-state index in [9.17, 15) is 61.3 Å². The summed E-state index contributed by atoms with van der Waals surface area (Å²) in [5.74, 6) is -12.4. The van der Waals surface area contributed by atoms with E-state index in [1.807, 2.05) is 55.5 Å². The highest BCUT2D eigenvalue weighted by Crippen LogP contribution is 2.78. The number of aromatic amines is 1. The minimum atomic E-state index is -3.37. The number of nitrogens with one attached hydrogen (secondary N) is 2. The van der Waals surface area contributed by atoms with Gasteiger partial charge >= 0.3 is 11.9 Å². The number of allylic oxidation sites excluding steroid dienone is 2. The maximum Gasteiger partial charge on any atom is 0.355 e. The van der Waals surface area contributed by atoms with Gasteiger partial charge in [-0.15, -0.1) is 0 Å². The van der Waals surface area contributed by atoms with Crippen molar-refractivity contribution in [3.8, 4) is 28.7 Å². The van der Waals surface area contributed by atoms with Crippen LogP contribution in [0.5, 0.6) is 28.7 Å². The number of fused-ring (bicyclic) bond motifs is 9. The molecule has 4 aliphatic carbocycles. The zero-order chi connectivity index (χ0) is 61.0. The van der Waals surface area contributed by atoms with Crippen LogP contribution in [0.2, 0.25) is 0 Å². The van der Waals surface area contributed by atoms with Gasteiger partial charge in [0.05, 0.1) is 37.0 Å². The number of aromatic nitrogens is 2. The Morgan fingerprint density at radius 1 is 0.977 bits per heavy atom. The van der Waals surface area contributed by atoms with Crippen molar-refractivity contribution in [3.05, 3.63) is 154 Å². The summed E-state index contributed by atoms with van der Waals surface area (Å²) >= 11 is 0. The van der Waals surface area contributed by atoms with Gasteiger partial charge in [-0.05, 0) is 110 Å². The number of hydrogen-bond acceptors (Lipinski definition) is 17. The van der Waals surface area contributed by atoms with Crippen LogP contribution in [0, 0.1) is 23.2 Å². The summed E-state index contributed by atoms with van der Waals surface area (Å²) < 4.78 is 11.2. The Labute approximate surface area is 495 Å². The van der Waals surface area contributed by atoms with Crippen LogP contribution in [0.4, 0.5) is 5.69 Å². The number of phenols is 4. The van der Waals surface area contributed by atoms with Gasteiger partial charge in [0, 0.05) is 76.8 Å². The number of phenolic OH excluding ortho intramolecular Hbond substituents is 4. The molecule has 0 spiro atoms. The number of aryl methyl sites for hydroxylation is 2. The first kappa shape index (κ1) is 59.9. The van der Waals surface area contributed by atoms with E-state index in [4.69, 9.17) is 15.2 Å². The normalized spacial score (nSPS) is 30.4. The van der Waals surface area contributed by atoms with Crippen molar-refractivity contribution in [2.45, 2.75) is 131 Å². The van der Waals surface area contributed by atoms with Crippen LogP contribution in [-0.4, -0.2) is 151 Å². The quantitative estimate of drug-likeness (QED) is 0.0112. The Balaban J connectivity index is 1.08. The predicted molar refractivity (Wildman–Crippen MR) is 313 cm³/mol. The fourth-order valence-corrected chi connectivity index (χ4v) is 15.5. The maximum absolute atomic E-state index is 15.9. The molecule has 13 atom stereocenters. The van der Waals surface area contributed by atoms with Gasteiger partial charge in [0.2, 0.25) is 5.75 Å². The van der Waals surface area contributed by atoms with Crippen molar-refractivity contribution in [3.63, 3.8) is 0 Å². The number of guanidine groups is 1. The smallest absolute Gasteiger partial charge is 0.355 e. The predicted octanol–water partition coefficient (Wildman–Crippen LogP) is 3.89. The number of amides is 1. The van der Waals surface area contributed by atoms with E-state index >= 15 is 9.59 Å². The topological polar surface area (TPSA) is 378 Å². The number of nitrogens with zero attached hydrogens (tertiary/aromatic N) is 3. The SMILES string of the molecule is CCc1nc[nH]c1Cc1cc(/C=C/C(=O)N2c3cc(O[C@]4(O)O[C@H](CO)[C@@H](O)[C@H](O)[C@H]4O)c(O)c(O)c3[C@@H]3[C@@]2(C(=O)O)C=C2C[C@@H]([C@H](O)CCCNC(N)=NCc4ccccc4)C=C[C@]23[C@@]23c4c(O)cccc4CC[C@@H]2CCC[C@H]3CO)ccc1O. The number of carboxylic acids is 1. The molecule has 16 N–H and O–H groups in total. The standard InChI is InChI=1S/C64H74N6O16/c1-2-42-43(69-33-68-42)27-38-25-34(16-20-46(38)74)17-21-50(76)70-44-28-48(85-64(84)58(81)56(80)54(78)49(32-72)86-64)53(77)55(79)51(44)57-61(63-39(12-7-13-40(63)31-71)19-18-36-11-6-14-47(75)52(36)63)23-22-37(26-41(61)29-62(57,70)59(82)83)45(73)15-8-24-66-60(65)67-30-35-9-4-3-5-10-35/h3-6,9-11,14,16-17,20-23,25,28-29,33,37,39-40,45,49,54,56-58,71-75,77-81,84H,2,7-8,12-13,15,18-19,24,26-27,30-32H2,1H3,(H,68,69)(H,82,83)(H3,65,66,67)/b21-17+/t37-,39-,40-,45+,49+,54+,56-,57-,58+,61-,62+,63-,64-/m0/s1. The Bertz CT molecular complexity index is 3510. The molecule has 456 valence electrons. The van der Waals surface area contributed by atoms with Gasteiger partial charge in [-0.3, -0.25) is 9.69 Å². The second-order valence-electron chi connectivity index (χ2n) is 23.6. The summed E-state index contributed by atoms with van der Waals surface area (Å²) in [7, 11) is 0.